The lowest BCUT2D eigenvalue weighted by Gasteiger charge is -2.16. The molecule has 2 N–H and O–H groups in total. The van der Waals surface area contributed by atoms with Gasteiger partial charge in [-0.2, -0.15) is 0 Å². The van der Waals surface area contributed by atoms with Gasteiger partial charge in [0.25, 0.3) is 0 Å². The van der Waals surface area contributed by atoms with Crippen LogP contribution in [0.4, 0.5) is 0 Å². The third-order valence-corrected chi connectivity index (χ3v) is 3.88. The second kappa shape index (κ2) is 4.80. The summed E-state index contributed by atoms with van der Waals surface area (Å²) < 4.78 is 2.31. The molecule has 1 aliphatic carbocycles. The molecule has 3 nitrogen and oxygen atoms in total. The molecule has 0 saturated heterocycles. The number of aromatic nitrogens is 2. The number of hydrogen-bond donors (Lipinski definition) is 1. The zero-order valence-electron chi connectivity index (χ0n) is 11.4. The predicted octanol–water partition coefficient (Wildman–Crippen LogP) is 4.07. The minimum absolute atomic E-state index is 0.00627. The Labute approximate surface area is 118 Å². The number of benzene rings is 1. The Hall–Kier alpha value is -1.06. The van der Waals surface area contributed by atoms with E-state index in [0.29, 0.717) is 12.0 Å². The molecule has 0 aliphatic heterocycles. The van der Waals surface area contributed by atoms with Crippen molar-refractivity contribution in [1.29, 1.82) is 0 Å². The second-order valence-electron chi connectivity index (χ2n) is 5.94. The Bertz CT molecular complexity index is 599. The van der Waals surface area contributed by atoms with Crippen LogP contribution >= 0.6 is 11.6 Å². The lowest BCUT2D eigenvalue weighted by Crippen LogP contribution is -2.18. The fourth-order valence-electron chi connectivity index (χ4n) is 2.68. The Balaban J connectivity index is 2.10. The van der Waals surface area contributed by atoms with E-state index in [4.69, 9.17) is 22.3 Å². The van der Waals surface area contributed by atoms with E-state index < -0.39 is 0 Å². The Kier molecular flexibility index (Phi) is 3.27. The molecule has 102 valence electrons. The summed E-state index contributed by atoms with van der Waals surface area (Å²) in [5.74, 6) is 1.60. The Morgan fingerprint density at radius 1 is 1.42 bits per heavy atom. The SMILES string of the molecule is CC(C)CC(N)c1nc2ccc(Cl)cc2n1C1CC1. The van der Waals surface area contributed by atoms with Gasteiger partial charge < -0.3 is 10.3 Å². The number of imidazole rings is 1. The molecule has 1 aromatic heterocycles. The van der Waals surface area contributed by atoms with Crippen LogP contribution in [-0.4, -0.2) is 9.55 Å². The van der Waals surface area contributed by atoms with Crippen molar-refractivity contribution in [1.82, 2.24) is 9.55 Å². The van der Waals surface area contributed by atoms with Crippen molar-refractivity contribution in [2.45, 2.75) is 45.2 Å². The third-order valence-electron chi connectivity index (χ3n) is 3.65. The highest BCUT2D eigenvalue weighted by atomic mass is 35.5. The topological polar surface area (TPSA) is 43.8 Å². The number of halogens is 1. The van der Waals surface area contributed by atoms with E-state index in [1.54, 1.807) is 0 Å². The molecule has 1 unspecified atom stereocenters. The first kappa shape index (κ1) is 12.9. The zero-order valence-corrected chi connectivity index (χ0v) is 12.2. The highest BCUT2D eigenvalue weighted by Gasteiger charge is 2.30. The number of fused-ring (bicyclic) bond motifs is 1. The van der Waals surface area contributed by atoms with E-state index in [1.807, 2.05) is 18.2 Å². The van der Waals surface area contributed by atoms with Crippen molar-refractivity contribution >= 4 is 22.6 Å². The number of nitrogens with zero attached hydrogens (tertiary/aromatic N) is 2. The molecular formula is C15H20ClN3. The summed E-state index contributed by atoms with van der Waals surface area (Å²) in [6, 6.07) is 6.46. The van der Waals surface area contributed by atoms with Crippen LogP contribution in [-0.2, 0) is 0 Å². The summed E-state index contributed by atoms with van der Waals surface area (Å²) in [5.41, 5.74) is 8.48. The highest BCUT2D eigenvalue weighted by molar-refractivity contribution is 6.31. The quantitative estimate of drug-likeness (QED) is 0.915. The van der Waals surface area contributed by atoms with Gasteiger partial charge in [-0.15, -0.1) is 0 Å². The molecule has 4 heteroatoms. The standard InChI is InChI=1S/C15H20ClN3/c1-9(2)7-12(17)15-18-13-6-3-10(16)8-14(13)19(15)11-4-5-11/h3,6,8-9,11-12H,4-5,7,17H2,1-2H3. The van der Waals surface area contributed by atoms with Gasteiger partial charge in [-0.3, -0.25) is 0 Å². The first-order chi connectivity index (χ1) is 9.06. The molecule has 1 atom stereocenters. The van der Waals surface area contributed by atoms with Crippen LogP contribution in [0.15, 0.2) is 18.2 Å². The van der Waals surface area contributed by atoms with Gasteiger partial charge in [0.2, 0.25) is 0 Å². The predicted molar refractivity (Wildman–Crippen MR) is 79.4 cm³/mol. The van der Waals surface area contributed by atoms with E-state index in [2.05, 4.69) is 18.4 Å². The van der Waals surface area contributed by atoms with Gasteiger partial charge in [-0.25, -0.2) is 4.98 Å². The maximum atomic E-state index is 6.35. The van der Waals surface area contributed by atoms with Crippen molar-refractivity contribution in [2.75, 3.05) is 0 Å². The first-order valence-electron chi connectivity index (χ1n) is 6.99. The maximum Gasteiger partial charge on any atom is 0.127 e. The van der Waals surface area contributed by atoms with E-state index in [1.165, 1.54) is 12.8 Å². The number of nitrogens with two attached hydrogens (primary N) is 1. The van der Waals surface area contributed by atoms with Crippen LogP contribution in [0.25, 0.3) is 11.0 Å². The van der Waals surface area contributed by atoms with Gasteiger partial charge in [0, 0.05) is 11.1 Å². The largest absolute Gasteiger partial charge is 0.324 e. The van der Waals surface area contributed by atoms with Gasteiger partial charge in [0.1, 0.15) is 5.82 Å². The molecule has 1 heterocycles. The van der Waals surface area contributed by atoms with Crippen LogP contribution in [0, 0.1) is 5.92 Å². The third kappa shape index (κ3) is 2.49. The summed E-state index contributed by atoms with van der Waals surface area (Å²) >= 11 is 6.12. The van der Waals surface area contributed by atoms with Crippen molar-refractivity contribution in [3.63, 3.8) is 0 Å². The highest BCUT2D eigenvalue weighted by Crippen LogP contribution is 2.40. The molecule has 0 amide bonds. The average Bonchev–Trinajstić information content (AvgIpc) is 3.09. The molecule has 19 heavy (non-hydrogen) atoms. The van der Waals surface area contributed by atoms with E-state index >= 15 is 0 Å². The normalized spacial score (nSPS) is 17.3. The molecule has 1 saturated carbocycles. The van der Waals surface area contributed by atoms with Gasteiger partial charge in [-0.1, -0.05) is 25.4 Å². The van der Waals surface area contributed by atoms with Crippen LogP contribution in [0.1, 0.15) is 51.0 Å². The van der Waals surface area contributed by atoms with Gasteiger partial charge in [-0.05, 0) is 43.4 Å². The summed E-state index contributed by atoms with van der Waals surface area (Å²) in [7, 11) is 0. The Morgan fingerprint density at radius 3 is 2.79 bits per heavy atom. The molecule has 1 aliphatic rings. The van der Waals surface area contributed by atoms with Crippen molar-refractivity contribution in [2.24, 2.45) is 11.7 Å². The summed E-state index contributed by atoms with van der Waals surface area (Å²) in [4.78, 5) is 4.75. The summed E-state index contributed by atoms with van der Waals surface area (Å²) in [6.07, 6.45) is 3.41. The molecular weight excluding hydrogens is 258 g/mol. The van der Waals surface area contributed by atoms with Crippen LogP contribution < -0.4 is 5.73 Å². The summed E-state index contributed by atoms with van der Waals surface area (Å²) in [5, 5.41) is 0.762. The zero-order chi connectivity index (χ0) is 13.6. The Morgan fingerprint density at radius 2 is 2.16 bits per heavy atom. The molecule has 0 spiro atoms. The second-order valence-corrected chi connectivity index (χ2v) is 6.38. The lowest BCUT2D eigenvalue weighted by atomic mass is 10.0. The monoisotopic (exact) mass is 277 g/mol. The van der Waals surface area contributed by atoms with Crippen LogP contribution in [0.5, 0.6) is 0 Å². The molecule has 1 aromatic carbocycles. The minimum atomic E-state index is 0.00627. The molecule has 0 bridgehead atoms. The number of rotatable bonds is 4. The fourth-order valence-corrected chi connectivity index (χ4v) is 2.84. The van der Waals surface area contributed by atoms with Gasteiger partial charge in [0.15, 0.2) is 0 Å². The van der Waals surface area contributed by atoms with Crippen LogP contribution in [0.3, 0.4) is 0 Å². The maximum absolute atomic E-state index is 6.35. The molecule has 2 aromatic rings. The van der Waals surface area contributed by atoms with Crippen LogP contribution in [0.2, 0.25) is 5.02 Å². The lowest BCUT2D eigenvalue weighted by molar-refractivity contribution is 0.477. The summed E-state index contributed by atoms with van der Waals surface area (Å²) in [6.45, 7) is 4.39. The molecule has 3 rings (SSSR count). The van der Waals surface area contributed by atoms with Gasteiger partial charge in [0.05, 0.1) is 17.1 Å². The average molecular weight is 278 g/mol. The fraction of sp³-hybridized carbons (Fsp3) is 0.533. The van der Waals surface area contributed by atoms with Crippen molar-refractivity contribution in [3.8, 4) is 0 Å². The smallest absolute Gasteiger partial charge is 0.127 e. The molecule has 0 radical (unpaired) electrons. The van der Waals surface area contributed by atoms with E-state index in [-0.39, 0.29) is 6.04 Å². The molecule has 1 fully saturated rings. The van der Waals surface area contributed by atoms with Gasteiger partial charge >= 0.3 is 0 Å². The van der Waals surface area contributed by atoms with E-state index in [0.717, 1.165) is 28.3 Å². The first-order valence-corrected chi connectivity index (χ1v) is 7.37. The minimum Gasteiger partial charge on any atom is -0.324 e. The number of hydrogen-bond acceptors (Lipinski definition) is 2. The van der Waals surface area contributed by atoms with Crippen molar-refractivity contribution < 1.29 is 0 Å². The van der Waals surface area contributed by atoms with E-state index in [9.17, 15) is 0 Å². The van der Waals surface area contributed by atoms with Crippen molar-refractivity contribution in [3.05, 3.63) is 29.0 Å².